The van der Waals surface area contributed by atoms with Gasteiger partial charge in [0.05, 0.1) is 10.6 Å². The Balaban J connectivity index is 2.21. The Bertz CT molecular complexity index is 746. The molecule has 0 amide bonds. The van der Waals surface area contributed by atoms with Gasteiger partial charge in [-0.25, -0.2) is 8.42 Å². The Kier molecular flexibility index (Phi) is 5.66. The molecule has 0 unspecified atom stereocenters. The fourth-order valence-corrected chi connectivity index (χ4v) is 3.81. The Hall–Kier alpha value is -1.86. The van der Waals surface area contributed by atoms with Crippen molar-refractivity contribution in [1.29, 1.82) is 0 Å². The molecule has 130 valence electrons. The second-order valence-electron chi connectivity index (χ2n) is 5.49. The van der Waals surface area contributed by atoms with Gasteiger partial charge < -0.3 is 0 Å². The highest BCUT2D eigenvalue weighted by molar-refractivity contribution is 7.91. The number of sulfone groups is 1. The molecule has 0 spiro atoms. The molecule has 2 aromatic rings. The van der Waals surface area contributed by atoms with Gasteiger partial charge in [-0.15, -0.1) is 0 Å². The predicted molar refractivity (Wildman–Crippen MR) is 86.3 cm³/mol. The minimum absolute atomic E-state index is 0.117. The van der Waals surface area contributed by atoms with Crippen molar-refractivity contribution >= 4 is 9.84 Å². The molecule has 24 heavy (non-hydrogen) atoms. The molecule has 2 aromatic carbocycles. The van der Waals surface area contributed by atoms with Crippen LogP contribution in [-0.4, -0.2) is 26.4 Å². The monoisotopic (exact) mass is 357 g/mol. The van der Waals surface area contributed by atoms with Crippen molar-refractivity contribution in [2.75, 3.05) is 5.75 Å². The SMILES string of the molecule is C[C@H](N[C@H](CS(=O)(=O)c1ccccc1)C(F)(F)F)c1ccccc1. The van der Waals surface area contributed by atoms with Crippen molar-refractivity contribution in [3.05, 3.63) is 66.2 Å². The highest BCUT2D eigenvalue weighted by atomic mass is 32.2. The van der Waals surface area contributed by atoms with E-state index in [9.17, 15) is 21.6 Å². The molecule has 0 saturated carbocycles. The van der Waals surface area contributed by atoms with Crippen molar-refractivity contribution < 1.29 is 21.6 Å². The van der Waals surface area contributed by atoms with E-state index in [2.05, 4.69) is 5.32 Å². The summed E-state index contributed by atoms with van der Waals surface area (Å²) in [7, 11) is -4.05. The predicted octanol–water partition coefficient (Wildman–Crippen LogP) is 3.74. The van der Waals surface area contributed by atoms with Gasteiger partial charge in [0.25, 0.3) is 0 Å². The van der Waals surface area contributed by atoms with E-state index >= 15 is 0 Å². The number of hydrogen-bond donors (Lipinski definition) is 1. The van der Waals surface area contributed by atoms with Crippen molar-refractivity contribution in [3.8, 4) is 0 Å². The molecule has 3 nitrogen and oxygen atoms in total. The summed E-state index contributed by atoms with van der Waals surface area (Å²) in [5.41, 5.74) is 0.656. The lowest BCUT2D eigenvalue weighted by molar-refractivity contribution is -0.152. The number of halogens is 3. The van der Waals surface area contributed by atoms with Gasteiger partial charge in [0.15, 0.2) is 9.84 Å². The average Bonchev–Trinajstić information content (AvgIpc) is 2.55. The molecule has 0 saturated heterocycles. The fourth-order valence-electron chi connectivity index (χ4n) is 2.32. The zero-order valence-electron chi connectivity index (χ0n) is 13.0. The number of rotatable bonds is 6. The molecule has 0 aliphatic heterocycles. The smallest absolute Gasteiger partial charge is 0.299 e. The molecule has 2 rings (SSSR count). The maximum absolute atomic E-state index is 13.3. The summed E-state index contributed by atoms with van der Waals surface area (Å²) in [5.74, 6) is -1.04. The lowest BCUT2D eigenvalue weighted by Gasteiger charge is -2.25. The largest absolute Gasteiger partial charge is 0.404 e. The van der Waals surface area contributed by atoms with Crippen molar-refractivity contribution in [3.63, 3.8) is 0 Å². The van der Waals surface area contributed by atoms with Gasteiger partial charge >= 0.3 is 6.18 Å². The molecule has 0 aliphatic carbocycles. The standard InChI is InChI=1S/C17H18F3NO2S/c1-13(14-8-4-2-5-9-14)21-16(17(18,19)20)12-24(22,23)15-10-6-3-7-11-15/h2-11,13,16,21H,12H2,1H3/t13-,16+/m0/s1. The third-order valence-electron chi connectivity index (χ3n) is 3.63. The molecule has 1 N–H and O–H groups in total. The molecule has 0 radical (unpaired) electrons. The Morgan fingerprint density at radius 3 is 1.96 bits per heavy atom. The lowest BCUT2D eigenvalue weighted by atomic mass is 10.1. The van der Waals surface area contributed by atoms with Crippen LogP contribution in [-0.2, 0) is 9.84 Å². The van der Waals surface area contributed by atoms with Gasteiger partial charge in [-0.2, -0.15) is 13.2 Å². The first-order valence-electron chi connectivity index (χ1n) is 7.35. The first kappa shape index (κ1) is 18.5. The maximum atomic E-state index is 13.3. The van der Waals surface area contributed by atoms with Crippen LogP contribution in [0, 0.1) is 0 Å². The second kappa shape index (κ2) is 7.36. The van der Waals surface area contributed by atoms with Crippen LogP contribution in [0.15, 0.2) is 65.6 Å². The normalized spacial score (nSPS) is 15.0. The summed E-state index contributed by atoms with van der Waals surface area (Å²) in [6.45, 7) is 1.57. The summed E-state index contributed by atoms with van der Waals surface area (Å²) in [5, 5.41) is 2.39. The summed E-state index contributed by atoms with van der Waals surface area (Å²) in [4.78, 5) is -0.117. The van der Waals surface area contributed by atoms with Crippen LogP contribution in [0.1, 0.15) is 18.5 Å². The zero-order valence-corrected chi connectivity index (χ0v) is 13.8. The Morgan fingerprint density at radius 2 is 1.46 bits per heavy atom. The van der Waals surface area contributed by atoms with E-state index in [1.807, 2.05) is 0 Å². The molecule has 0 aliphatic rings. The van der Waals surface area contributed by atoms with E-state index in [1.165, 1.54) is 24.3 Å². The van der Waals surface area contributed by atoms with Gasteiger partial charge in [0.1, 0.15) is 6.04 Å². The highest BCUT2D eigenvalue weighted by Gasteiger charge is 2.43. The zero-order chi connectivity index (χ0) is 17.8. The second-order valence-corrected chi connectivity index (χ2v) is 7.52. The molecular formula is C17H18F3NO2S. The molecule has 0 aromatic heterocycles. The van der Waals surface area contributed by atoms with Crippen LogP contribution in [0.3, 0.4) is 0 Å². The Morgan fingerprint density at radius 1 is 0.958 bits per heavy atom. The summed E-state index contributed by atoms with van der Waals surface area (Å²) in [6.07, 6.45) is -4.68. The number of nitrogens with one attached hydrogen (secondary N) is 1. The van der Waals surface area contributed by atoms with Gasteiger partial charge in [-0.05, 0) is 24.6 Å². The topological polar surface area (TPSA) is 46.2 Å². The van der Waals surface area contributed by atoms with Crippen molar-refractivity contribution in [2.45, 2.75) is 30.1 Å². The first-order chi connectivity index (χ1) is 11.2. The molecule has 0 heterocycles. The van der Waals surface area contributed by atoms with E-state index in [0.717, 1.165) is 0 Å². The van der Waals surface area contributed by atoms with Crippen LogP contribution < -0.4 is 5.32 Å². The third kappa shape index (κ3) is 4.82. The lowest BCUT2D eigenvalue weighted by Crippen LogP contribution is -2.47. The minimum Gasteiger partial charge on any atom is -0.299 e. The Labute approximate surface area is 139 Å². The van der Waals surface area contributed by atoms with Crippen molar-refractivity contribution in [2.24, 2.45) is 0 Å². The van der Waals surface area contributed by atoms with Crippen LogP contribution >= 0.6 is 0 Å². The fraction of sp³-hybridized carbons (Fsp3) is 0.294. The number of hydrogen-bond acceptors (Lipinski definition) is 3. The van der Waals surface area contributed by atoms with Crippen molar-refractivity contribution in [1.82, 2.24) is 5.32 Å². The quantitative estimate of drug-likeness (QED) is 0.857. The minimum atomic E-state index is -4.68. The van der Waals surface area contributed by atoms with Crippen LogP contribution in [0.25, 0.3) is 0 Å². The molecule has 7 heteroatoms. The van der Waals surface area contributed by atoms with E-state index in [0.29, 0.717) is 5.56 Å². The third-order valence-corrected chi connectivity index (χ3v) is 5.40. The van der Waals surface area contributed by atoms with Crippen LogP contribution in [0.2, 0.25) is 0 Å². The molecule has 2 atom stereocenters. The highest BCUT2D eigenvalue weighted by Crippen LogP contribution is 2.26. The molecule has 0 bridgehead atoms. The number of benzene rings is 2. The van der Waals surface area contributed by atoms with Gasteiger partial charge in [-0.1, -0.05) is 48.5 Å². The van der Waals surface area contributed by atoms with E-state index < -0.39 is 33.9 Å². The molecular weight excluding hydrogens is 339 g/mol. The van der Waals surface area contributed by atoms with E-state index in [4.69, 9.17) is 0 Å². The summed E-state index contributed by atoms with van der Waals surface area (Å²) >= 11 is 0. The number of alkyl halides is 3. The van der Waals surface area contributed by atoms with Crippen LogP contribution in [0.4, 0.5) is 13.2 Å². The van der Waals surface area contributed by atoms with Gasteiger partial charge in [0.2, 0.25) is 0 Å². The van der Waals surface area contributed by atoms with E-state index in [1.54, 1.807) is 43.3 Å². The van der Waals surface area contributed by atoms with E-state index in [-0.39, 0.29) is 4.90 Å². The van der Waals surface area contributed by atoms with Gasteiger partial charge in [0, 0.05) is 6.04 Å². The maximum Gasteiger partial charge on any atom is 0.404 e. The van der Waals surface area contributed by atoms with Crippen LogP contribution in [0.5, 0.6) is 0 Å². The van der Waals surface area contributed by atoms with Gasteiger partial charge in [-0.3, -0.25) is 5.32 Å². The first-order valence-corrected chi connectivity index (χ1v) is 9.01. The summed E-state index contributed by atoms with van der Waals surface area (Å²) in [6, 6.07) is 13.0. The average molecular weight is 357 g/mol. The summed E-state index contributed by atoms with van der Waals surface area (Å²) < 4.78 is 64.5. The molecule has 0 fully saturated rings.